The van der Waals surface area contributed by atoms with Crippen molar-refractivity contribution < 1.29 is 19.4 Å². The molecule has 168 valence electrons. The Kier molecular flexibility index (Phi) is 5.70. The van der Waals surface area contributed by atoms with E-state index >= 15 is 0 Å². The van der Waals surface area contributed by atoms with Crippen LogP contribution in [0.15, 0.2) is 42.5 Å². The topological polar surface area (TPSA) is 155 Å². The van der Waals surface area contributed by atoms with Gasteiger partial charge in [-0.2, -0.15) is 9.78 Å². The molecule has 0 unspecified atom stereocenters. The Morgan fingerprint density at radius 3 is 2.48 bits per heavy atom. The van der Waals surface area contributed by atoms with Crippen LogP contribution < -0.4 is 10.1 Å². The first-order chi connectivity index (χ1) is 15.8. The number of ether oxygens (including phenoxy) is 1. The van der Waals surface area contributed by atoms with Crippen LogP contribution in [0.4, 0.5) is 17.2 Å². The summed E-state index contributed by atoms with van der Waals surface area (Å²) in [7, 11) is 0. The van der Waals surface area contributed by atoms with E-state index < -0.39 is 27.1 Å². The number of carbonyl (C=O) groups excluding carboxylic acids is 1. The van der Waals surface area contributed by atoms with Gasteiger partial charge in [-0.15, -0.1) is 0 Å². The van der Waals surface area contributed by atoms with Crippen LogP contribution in [0, 0.1) is 27.2 Å². The van der Waals surface area contributed by atoms with Gasteiger partial charge in [0.2, 0.25) is 5.13 Å². The summed E-state index contributed by atoms with van der Waals surface area (Å²) in [5.41, 5.74) is -0.120. The van der Waals surface area contributed by atoms with E-state index in [4.69, 9.17) is 4.74 Å². The lowest BCUT2D eigenvalue weighted by molar-refractivity contribution is -0.394. The second-order valence-electron chi connectivity index (χ2n) is 6.82. The number of non-ortho nitro benzene ring substituents is 2. The summed E-state index contributed by atoms with van der Waals surface area (Å²) in [6, 6.07) is 9.88. The summed E-state index contributed by atoms with van der Waals surface area (Å²) in [6.07, 6.45) is 0. The number of para-hydroxylation sites is 1. The number of aryl methyl sites for hydroxylation is 1. The van der Waals surface area contributed by atoms with Gasteiger partial charge in [-0.1, -0.05) is 17.4 Å². The fourth-order valence-electron chi connectivity index (χ4n) is 3.13. The third-order valence-corrected chi connectivity index (χ3v) is 5.51. The Morgan fingerprint density at radius 2 is 1.85 bits per heavy atom. The van der Waals surface area contributed by atoms with E-state index in [2.05, 4.69) is 15.4 Å². The van der Waals surface area contributed by atoms with Gasteiger partial charge in [0.05, 0.1) is 38.5 Å². The van der Waals surface area contributed by atoms with Crippen molar-refractivity contribution in [3.63, 3.8) is 0 Å². The number of rotatable bonds is 7. The van der Waals surface area contributed by atoms with Gasteiger partial charge in [-0.3, -0.25) is 25.0 Å². The fraction of sp³-hybridized carbons (Fsp3) is 0.150. The van der Waals surface area contributed by atoms with Gasteiger partial charge >= 0.3 is 0 Å². The van der Waals surface area contributed by atoms with Crippen LogP contribution >= 0.6 is 11.3 Å². The molecule has 4 rings (SSSR count). The molecule has 13 heteroatoms. The maximum absolute atomic E-state index is 12.8. The van der Waals surface area contributed by atoms with Crippen molar-refractivity contribution in [2.24, 2.45) is 0 Å². The van der Waals surface area contributed by atoms with Gasteiger partial charge < -0.3 is 10.1 Å². The summed E-state index contributed by atoms with van der Waals surface area (Å²) < 4.78 is 7.91. The summed E-state index contributed by atoms with van der Waals surface area (Å²) in [4.78, 5) is 38.1. The molecule has 0 aliphatic rings. The highest BCUT2D eigenvalue weighted by molar-refractivity contribution is 7.20. The van der Waals surface area contributed by atoms with Gasteiger partial charge in [-0.05, 0) is 26.0 Å². The van der Waals surface area contributed by atoms with E-state index in [0.29, 0.717) is 28.7 Å². The van der Waals surface area contributed by atoms with Crippen LogP contribution in [0.2, 0.25) is 0 Å². The highest BCUT2D eigenvalue weighted by atomic mass is 32.1. The first-order valence-corrected chi connectivity index (χ1v) is 10.4. The van der Waals surface area contributed by atoms with E-state index in [0.717, 1.165) is 22.9 Å². The van der Waals surface area contributed by atoms with Crippen LogP contribution in [-0.4, -0.2) is 37.1 Å². The third kappa shape index (κ3) is 4.34. The first-order valence-electron chi connectivity index (χ1n) is 9.61. The molecular formula is C20H16N6O6S. The zero-order valence-corrected chi connectivity index (χ0v) is 18.2. The lowest BCUT2D eigenvalue weighted by Gasteiger charge is -2.07. The van der Waals surface area contributed by atoms with Crippen LogP contribution in [0.5, 0.6) is 5.75 Å². The number of anilines is 1. The van der Waals surface area contributed by atoms with Crippen molar-refractivity contribution >= 4 is 44.7 Å². The lowest BCUT2D eigenvalue weighted by atomic mass is 10.1. The maximum Gasteiger partial charge on any atom is 0.277 e. The molecule has 1 N–H and O–H groups in total. The number of amides is 1. The molecule has 0 saturated carbocycles. The Hall–Kier alpha value is -4.39. The molecule has 0 fully saturated rings. The van der Waals surface area contributed by atoms with Crippen LogP contribution in [0.25, 0.3) is 15.3 Å². The molecule has 0 aliphatic carbocycles. The number of aromatic nitrogens is 3. The number of fused-ring (bicyclic) bond motifs is 1. The Balaban J connectivity index is 1.71. The molecule has 0 aliphatic heterocycles. The van der Waals surface area contributed by atoms with E-state index in [1.807, 2.05) is 25.1 Å². The monoisotopic (exact) mass is 468 g/mol. The second kappa shape index (κ2) is 8.63. The quantitative estimate of drug-likeness (QED) is 0.311. The summed E-state index contributed by atoms with van der Waals surface area (Å²) >= 11 is 1.33. The van der Waals surface area contributed by atoms with Crippen LogP contribution in [-0.2, 0) is 0 Å². The predicted molar refractivity (Wildman–Crippen MR) is 120 cm³/mol. The average molecular weight is 468 g/mol. The second-order valence-corrected chi connectivity index (χ2v) is 7.83. The molecule has 4 aromatic rings. The Bertz CT molecular complexity index is 1380. The molecule has 12 nitrogen and oxygen atoms in total. The molecule has 1 amide bonds. The molecule has 33 heavy (non-hydrogen) atoms. The van der Waals surface area contributed by atoms with Crippen molar-refractivity contribution in [3.8, 4) is 10.9 Å². The smallest absolute Gasteiger partial charge is 0.277 e. The molecular weight excluding hydrogens is 452 g/mol. The lowest BCUT2D eigenvalue weighted by Crippen LogP contribution is -2.15. The van der Waals surface area contributed by atoms with Crippen molar-refractivity contribution in [2.75, 3.05) is 11.9 Å². The van der Waals surface area contributed by atoms with E-state index in [1.54, 1.807) is 13.0 Å². The predicted octanol–water partition coefficient (Wildman–Crippen LogP) is 4.26. The van der Waals surface area contributed by atoms with Crippen LogP contribution in [0.1, 0.15) is 23.0 Å². The molecule has 2 aromatic heterocycles. The van der Waals surface area contributed by atoms with Gasteiger partial charge in [0.15, 0.2) is 0 Å². The number of carbonyl (C=O) groups is 1. The standard InChI is InChI=1S/C20H16N6O6S/c1-3-32-15-5-4-6-16-18(15)22-20(33-16)24-17(7-11(2)23-24)21-19(27)12-8-13(25(28)29)10-14(9-12)26(30)31/h4-10H,3H2,1-2H3,(H,21,27). The average Bonchev–Trinajstić information content (AvgIpc) is 3.37. The minimum Gasteiger partial charge on any atom is -0.492 e. The zero-order chi connectivity index (χ0) is 23.7. The first kappa shape index (κ1) is 21.8. The third-order valence-electron chi connectivity index (χ3n) is 4.51. The zero-order valence-electron chi connectivity index (χ0n) is 17.3. The van der Waals surface area contributed by atoms with E-state index in [9.17, 15) is 25.0 Å². The SMILES string of the molecule is CCOc1cccc2sc(-n3nc(C)cc3NC(=O)c3cc([N+](=O)[O-])cc([N+](=O)[O-])c3)nc12. The molecule has 0 atom stereocenters. The molecule has 0 spiro atoms. The normalized spacial score (nSPS) is 10.8. The van der Waals surface area contributed by atoms with E-state index in [1.165, 1.54) is 16.0 Å². The summed E-state index contributed by atoms with van der Waals surface area (Å²) in [5, 5.41) is 29.7. The number of hydrogen-bond donors (Lipinski definition) is 1. The summed E-state index contributed by atoms with van der Waals surface area (Å²) in [6.45, 7) is 4.07. The van der Waals surface area contributed by atoms with Crippen molar-refractivity contribution in [2.45, 2.75) is 13.8 Å². The van der Waals surface area contributed by atoms with Crippen LogP contribution in [0.3, 0.4) is 0 Å². The molecule has 0 saturated heterocycles. The molecule has 2 heterocycles. The number of nitro groups is 2. The number of hydrogen-bond acceptors (Lipinski definition) is 9. The molecule has 0 bridgehead atoms. The minimum atomic E-state index is -0.796. The van der Waals surface area contributed by atoms with E-state index in [-0.39, 0.29) is 11.4 Å². The van der Waals surface area contributed by atoms with Crippen molar-refractivity contribution in [3.05, 3.63) is 74.0 Å². The maximum atomic E-state index is 12.8. The van der Waals surface area contributed by atoms with Crippen molar-refractivity contribution in [1.29, 1.82) is 0 Å². The van der Waals surface area contributed by atoms with Crippen molar-refractivity contribution in [1.82, 2.24) is 14.8 Å². The van der Waals surface area contributed by atoms with Gasteiger partial charge in [0, 0.05) is 18.2 Å². The van der Waals surface area contributed by atoms with Gasteiger partial charge in [0.1, 0.15) is 17.1 Å². The molecule has 0 radical (unpaired) electrons. The number of nitro benzene ring substituents is 2. The minimum absolute atomic E-state index is 0.232. The number of nitrogens with zero attached hydrogens (tertiary/aromatic N) is 5. The summed E-state index contributed by atoms with van der Waals surface area (Å²) in [5.74, 6) is 0.110. The highest BCUT2D eigenvalue weighted by Gasteiger charge is 2.22. The van der Waals surface area contributed by atoms with Gasteiger partial charge in [-0.25, -0.2) is 4.98 Å². The Labute approximate surface area is 189 Å². The number of thiazole rings is 1. The fourth-order valence-corrected chi connectivity index (χ4v) is 4.08. The van der Waals surface area contributed by atoms with Gasteiger partial charge in [0.25, 0.3) is 17.3 Å². The largest absolute Gasteiger partial charge is 0.492 e. The number of nitrogens with one attached hydrogen (secondary N) is 1. The highest BCUT2D eigenvalue weighted by Crippen LogP contribution is 2.33. The number of benzene rings is 2. The Morgan fingerprint density at radius 1 is 1.15 bits per heavy atom. The molecule has 2 aromatic carbocycles.